The van der Waals surface area contributed by atoms with E-state index in [2.05, 4.69) is 0 Å². The predicted octanol–water partition coefficient (Wildman–Crippen LogP) is 2.62. The van der Waals surface area contributed by atoms with Gasteiger partial charge in [0.05, 0.1) is 6.26 Å². The van der Waals surface area contributed by atoms with Gasteiger partial charge in [-0.1, -0.05) is 18.2 Å². The van der Waals surface area contributed by atoms with Gasteiger partial charge in [0.1, 0.15) is 0 Å². The van der Waals surface area contributed by atoms with Crippen LogP contribution in [0.2, 0.25) is 0 Å². The minimum atomic E-state index is -0.153. The van der Waals surface area contributed by atoms with Gasteiger partial charge in [0.25, 0.3) is 5.91 Å². The number of benzene rings is 1. The first-order chi connectivity index (χ1) is 13.9. The highest BCUT2D eigenvalue weighted by molar-refractivity contribution is 5.94. The van der Waals surface area contributed by atoms with Crippen LogP contribution in [0.3, 0.4) is 0 Å². The van der Waals surface area contributed by atoms with Gasteiger partial charge in [-0.15, -0.1) is 0 Å². The molecule has 1 aromatic carbocycles. The van der Waals surface area contributed by atoms with E-state index < -0.39 is 0 Å². The number of amides is 3. The van der Waals surface area contributed by atoms with Crippen molar-refractivity contribution in [3.63, 3.8) is 0 Å². The van der Waals surface area contributed by atoms with Crippen molar-refractivity contribution >= 4 is 23.4 Å². The van der Waals surface area contributed by atoms with Crippen molar-refractivity contribution in [1.82, 2.24) is 9.80 Å². The molecule has 1 aromatic heterocycles. The molecule has 7 heteroatoms. The number of nitrogens with zero attached hydrogens (tertiary/aromatic N) is 3. The smallest absolute Gasteiger partial charge is 0.289 e. The average molecular weight is 397 g/mol. The summed E-state index contributed by atoms with van der Waals surface area (Å²) in [6, 6.07) is 9.22. The largest absolute Gasteiger partial charge is 0.459 e. The monoisotopic (exact) mass is 397 g/mol. The number of carbonyl (C=O) groups is 3. The Morgan fingerprint density at radius 2 is 1.59 bits per heavy atom. The lowest BCUT2D eigenvalue weighted by atomic mass is 10.1. The molecule has 0 aliphatic carbocycles. The quantitative estimate of drug-likeness (QED) is 0.777. The predicted molar refractivity (Wildman–Crippen MR) is 110 cm³/mol. The summed E-state index contributed by atoms with van der Waals surface area (Å²) in [6.07, 6.45) is 1.73. The number of anilines is 1. The van der Waals surface area contributed by atoms with E-state index in [4.69, 9.17) is 4.42 Å². The summed E-state index contributed by atoms with van der Waals surface area (Å²) in [4.78, 5) is 42.4. The number of para-hydroxylation sites is 1. The Hall–Kier alpha value is -3.09. The second-order valence-electron chi connectivity index (χ2n) is 7.31. The molecule has 0 atom stereocenters. The van der Waals surface area contributed by atoms with Gasteiger partial charge in [-0.3, -0.25) is 14.4 Å². The minimum Gasteiger partial charge on any atom is -0.459 e. The standard InChI is InChI=1S/C22H27N3O4/c1-16-6-4-7-17(2)21(16)25(18(3)26)10-9-20(27)23-11-13-24(14-12-23)22(28)19-8-5-15-29-19/h4-8,15H,9-14H2,1-3H3. The SMILES string of the molecule is CC(=O)N(CCC(=O)N1CCN(C(=O)c2ccco2)CC1)c1c(C)cccc1C. The molecular weight excluding hydrogens is 370 g/mol. The maximum absolute atomic E-state index is 12.7. The molecule has 0 unspecified atom stereocenters. The molecule has 0 N–H and O–H groups in total. The van der Waals surface area contributed by atoms with Crippen LogP contribution in [0.1, 0.15) is 35.0 Å². The molecule has 3 rings (SSSR count). The Balaban J connectivity index is 1.56. The Labute approximate surface area is 170 Å². The van der Waals surface area contributed by atoms with Crippen molar-refractivity contribution in [3.05, 3.63) is 53.5 Å². The third kappa shape index (κ3) is 4.67. The van der Waals surface area contributed by atoms with Gasteiger partial charge >= 0.3 is 0 Å². The summed E-state index contributed by atoms with van der Waals surface area (Å²) in [7, 11) is 0. The van der Waals surface area contributed by atoms with Crippen LogP contribution in [0.5, 0.6) is 0 Å². The van der Waals surface area contributed by atoms with Crippen LogP contribution >= 0.6 is 0 Å². The van der Waals surface area contributed by atoms with Crippen molar-refractivity contribution < 1.29 is 18.8 Å². The Kier molecular flexibility index (Phi) is 6.36. The van der Waals surface area contributed by atoms with E-state index in [0.717, 1.165) is 16.8 Å². The molecule has 29 heavy (non-hydrogen) atoms. The lowest BCUT2D eigenvalue weighted by molar-refractivity contribution is -0.132. The summed E-state index contributed by atoms with van der Waals surface area (Å²) < 4.78 is 5.16. The Morgan fingerprint density at radius 1 is 0.966 bits per heavy atom. The number of furan rings is 1. The topological polar surface area (TPSA) is 74.1 Å². The number of hydrogen-bond donors (Lipinski definition) is 0. The number of piperazine rings is 1. The molecule has 3 amide bonds. The van der Waals surface area contributed by atoms with Gasteiger partial charge in [0.2, 0.25) is 11.8 Å². The van der Waals surface area contributed by atoms with Crippen LogP contribution in [0.25, 0.3) is 0 Å². The number of rotatable bonds is 5. The zero-order valence-corrected chi connectivity index (χ0v) is 17.2. The Bertz CT molecular complexity index is 863. The average Bonchev–Trinajstić information content (AvgIpc) is 3.24. The molecule has 1 saturated heterocycles. The van der Waals surface area contributed by atoms with Crippen LogP contribution in [-0.4, -0.2) is 60.2 Å². The van der Waals surface area contributed by atoms with Crippen LogP contribution in [-0.2, 0) is 9.59 Å². The third-order valence-electron chi connectivity index (χ3n) is 5.29. The van der Waals surface area contributed by atoms with Crippen LogP contribution in [0, 0.1) is 13.8 Å². The molecule has 2 heterocycles. The van der Waals surface area contributed by atoms with Gasteiger partial charge in [0.15, 0.2) is 5.76 Å². The number of carbonyl (C=O) groups excluding carboxylic acids is 3. The summed E-state index contributed by atoms with van der Waals surface area (Å²) >= 11 is 0. The zero-order valence-electron chi connectivity index (χ0n) is 17.2. The van der Waals surface area contributed by atoms with Gasteiger partial charge in [-0.2, -0.15) is 0 Å². The molecule has 154 valence electrons. The van der Waals surface area contributed by atoms with Crippen LogP contribution in [0.4, 0.5) is 5.69 Å². The molecule has 1 aliphatic heterocycles. The van der Waals surface area contributed by atoms with E-state index in [1.807, 2.05) is 32.0 Å². The first kappa shape index (κ1) is 20.6. The minimum absolute atomic E-state index is 0.00687. The first-order valence-electron chi connectivity index (χ1n) is 9.83. The second kappa shape index (κ2) is 8.94. The molecule has 1 aliphatic rings. The lowest BCUT2D eigenvalue weighted by Crippen LogP contribution is -2.51. The molecule has 2 aromatic rings. The fraction of sp³-hybridized carbons (Fsp3) is 0.409. The Morgan fingerprint density at radius 3 is 2.14 bits per heavy atom. The summed E-state index contributed by atoms with van der Waals surface area (Å²) in [6.45, 7) is 7.70. The van der Waals surface area contributed by atoms with Crippen molar-refractivity contribution in [2.45, 2.75) is 27.2 Å². The maximum atomic E-state index is 12.7. The van der Waals surface area contributed by atoms with E-state index in [0.29, 0.717) is 38.5 Å². The van der Waals surface area contributed by atoms with Crippen molar-refractivity contribution in [2.75, 3.05) is 37.6 Å². The van der Waals surface area contributed by atoms with E-state index >= 15 is 0 Å². The van der Waals surface area contributed by atoms with Gasteiger partial charge in [0, 0.05) is 51.8 Å². The van der Waals surface area contributed by atoms with E-state index in [-0.39, 0.29) is 24.1 Å². The number of hydrogen-bond acceptors (Lipinski definition) is 4. The van der Waals surface area contributed by atoms with Crippen LogP contribution in [0.15, 0.2) is 41.0 Å². The molecular formula is C22H27N3O4. The fourth-order valence-corrected chi connectivity index (χ4v) is 3.74. The molecule has 0 saturated carbocycles. The van der Waals surface area contributed by atoms with Gasteiger partial charge < -0.3 is 19.1 Å². The molecule has 7 nitrogen and oxygen atoms in total. The maximum Gasteiger partial charge on any atom is 0.289 e. The molecule has 0 bridgehead atoms. The van der Waals surface area contributed by atoms with Crippen molar-refractivity contribution in [2.24, 2.45) is 0 Å². The summed E-state index contributed by atoms with van der Waals surface area (Å²) in [5.74, 6) is 0.0759. The number of aryl methyl sites for hydroxylation is 2. The van der Waals surface area contributed by atoms with Gasteiger partial charge in [-0.05, 0) is 37.1 Å². The van der Waals surface area contributed by atoms with E-state index in [9.17, 15) is 14.4 Å². The second-order valence-corrected chi connectivity index (χ2v) is 7.31. The summed E-state index contributed by atoms with van der Waals surface area (Å²) in [5, 5.41) is 0. The molecule has 1 fully saturated rings. The zero-order chi connectivity index (χ0) is 21.0. The molecule has 0 spiro atoms. The first-order valence-corrected chi connectivity index (χ1v) is 9.83. The van der Waals surface area contributed by atoms with Gasteiger partial charge in [-0.25, -0.2) is 0 Å². The highest BCUT2D eigenvalue weighted by Gasteiger charge is 2.26. The lowest BCUT2D eigenvalue weighted by Gasteiger charge is -2.35. The van der Waals surface area contributed by atoms with E-state index in [1.165, 1.54) is 13.2 Å². The molecule has 0 radical (unpaired) electrons. The summed E-state index contributed by atoms with van der Waals surface area (Å²) in [5.41, 5.74) is 2.90. The third-order valence-corrected chi connectivity index (χ3v) is 5.29. The highest BCUT2D eigenvalue weighted by Crippen LogP contribution is 2.25. The van der Waals surface area contributed by atoms with E-state index in [1.54, 1.807) is 26.8 Å². The van der Waals surface area contributed by atoms with Crippen molar-refractivity contribution in [3.8, 4) is 0 Å². The van der Waals surface area contributed by atoms with Crippen molar-refractivity contribution in [1.29, 1.82) is 0 Å². The highest BCUT2D eigenvalue weighted by atomic mass is 16.3. The van der Waals surface area contributed by atoms with Crippen LogP contribution < -0.4 is 4.90 Å². The fourth-order valence-electron chi connectivity index (χ4n) is 3.74. The normalized spacial score (nSPS) is 14.0.